The molecule has 0 aromatic rings. The summed E-state index contributed by atoms with van der Waals surface area (Å²) in [5.41, 5.74) is 7.63. The van der Waals surface area contributed by atoms with Gasteiger partial charge >= 0.3 is 0 Å². The molecule has 0 unspecified atom stereocenters. The summed E-state index contributed by atoms with van der Waals surface area (Å²) in [5, 5.41) is 3.22. The van der Waals surface area contributed by atoms with E-state index in [1.165, 1.54) is 0 Å². The van der Waals surface area contributed by atoms with E-state index < -0.39 is 0 Å². The third-order valence-electron chi connectivity index (χ3n) is 1.80. The Hall–Kier alpha value is -1.06. The van der Waals surface area contributed by atoms with Crippen LogP contribution < -0.4 is 11.1 Å². The highest BCUT2D eigenvalue weighted by molar-refractivity contribution is 5.31. The van der Waals surface area contributed by atoms with Crippen molar-refractivity contribution >= 4 is 0 Å². The second kappa shape index (κ2) is 8.53. The Morgan fingerprint density at radius 1 is 1.57 bits per heavy atom. The molecule has 0 amide bonds. The zero-order valence-electron chi connectivity index (χ0n) is 9.05. The summed E-state index contributed by atoms with van der Waals surface area (Å²) in [6.07, 6.45) is 5.53. The molecule has 0 fully saturated rings. The lowest BCUT2D eigenvalue weighted by molar-refractivity contribution is 0.200. The lowest BCUT2D eigenvalue weighted by Crippen LogP contribution is -2.23. The molecule has 14 heavy (non-hydrogen) atoms. The highest BCUT2D eigenvalue weighted by Gasteiger charge is 1.97. The molecule has 0 saturated carbocycles. The van der Waals surface area contributed by atoms with Crippen molar-refractivity contribution < 1.29 is 4.74 Å². The van der Waals surface area contributed by atoms with E-state index in [0.717, 1.165) is 24.4 Å². The van der Waals surface area contributed by atoms with Crippen LogP contribution in [0.15, 0.2) is 36.1 Å². The van der Waals surface area contributed by atoms with Crippen molar-refractivity contribution in [2.75, 3.05) is 26.8 Å². The van der Waals surface area contributed by atoms with Gasteiger partial charge in [0.1, 0.15) is 0 Å². The Balaban J connectivity index is 3.99. The van der Waals surface area contributed by atoms with Gasteiger partial charge in [0.05, 0.1) is 6.61 Å². The van der Waals surface area contributed by atoms with Crippen LogP contribution >= 0.6 is 0 Å². The first kappa shape index (κ1) is 12.9. The van der Waals surface area contributed by atoms with Crippen LogP contribution in [0.25, 0.3) is 0 Å². The monoisotopic (exact) mass is 196 g/mol. The number of nitrogens with one attached hydrogen (secondary N) is 1. The molecule has 0 rings (SSSR count). The van der Waals surface area contributed by atoms with Gasteiger partial charge in [-0.3, -0.25) is 0 Å². The molecular weight excluding hydrogens is 176 g/mol. The van der Waals surface area contributed by atoms with Gasteiger partial charge in [0, 0.05) is 25.9 Å². The summed E-state index contributed by atoms with van der Waals surface area (Å²) in [6.45, 7) is 7.84. The topological polar surface area (TPSA) is 47.3 Å². The van der Waals surface area contributed by atoms with Gasteiger partial charge in [-0.05, 0) is 12.5 Å². The van der Waals surface area contributed by atoms with Gasteiger partial charge in [-0.1, -0.05) is 24.8 Å². The average Bonchev–Trinajstić information content (AvgIpc) is 2.21. The maximum Gasteiger partial charge on any atom is 0.0587 e. The van der Waals surface area contributed by atoms with Crippen molar-refractivity contribution in [3.05, 3.63) is 36.1 Å². The van der Waals surface area contributed by atoms with Crippen molar-refractivity contribution in [3.8, 4) is 0 Å². The van der Waals surface area contributed by atoms with E-state index in [4.69, 9.17) is 10.5 Å². The largest absolute Gasteiger partial charge is 0.399 e. The Kier molecular flexibility index (Phi) is 7.89. The van der Waals surface area contributed by atoms with Crippen molar-refractivity contribution in [1.29, 1.82) is 0 Å². The van der Waals surface area contributed by atoms with E-state index in [2.05, 4.69) is 11.9 Å². The van der Waals surface area contributed by atoms with Gasteiger partial charge < -0.3 is 15.8 Å². The lowest BCUT2D eigenvalue weighted by atomic mass is 10.1. The first-order valence-electron chi connectivity index (χ1n) is 4.69. The third kappa shape index (κ3) is 5.56. The summed E-state index contributed by atoms with van der Waals surface area (Å²) in [6, 6.07) is 0. The van der Waals surface area contributed by atoms with E-state index in [1.807, 2.05) is 19.1 Å². The normalized spacial score (nSPS) is 13.0. The predicted octanol–water partition coefficient (Wildman–Crippen LogP) is 1.20. The number of ether oxygens (including phenoxy) is 1. The minimum absolute atomic E-state index is 0.705. The Morgan fingerprint density at radius 3 is 2.79 bits per heavy atom. The molecule has 0 atom stereocenters. The predicted molar refractivity (Wildman–Crippen MR) is 61.0 cm³/mol. The van der Waals surface area contributed by atoms with Crippen LogP contribution in [0.3, 0.4) is 0 Å². The van der Waals surface area contributed by atoms with Crippen LogP contribution in [0.4, 0.5) is 0 Å². The minimum Gasteiger partial charge on any atom is -0.399 e. The zero-order chi connectivity index (χ0) is 10.8. The molecular formula is C11H20N2O. The van der Waals surface area contributed by atoms with E-state index in [9.17, 15) is 0 Å². The highest BCUT2D eigenvalue weighted by atomic mass is 16.5. The molecule has 0 spiro atoms. The van der Waals surface area contributed by atoms with Crippen molar-refractivity contribution in [1.82, 2.24) is 5.32 Å². The lowest BCUT2D eigenvalue weighted by Gasteiger charge is -2.08. The number of methoxy groups -OCH3 is 1. The first-order valence-corrected chi connectivity index (χ1v) is 4.69. The third-order valence-corrected chi connectivity index (χ3v) is 1.80. The summed E-state index contributed by atoms with van der Waals surface area (Å²) < 4.78 is 4.92. The molecule has 3 nitrogen and oxygen atoms in total. The van der Waals surface area contributed by atoms with Crippen LogP contribution in [0.5, 0.6) is 0 Å². The molecule has 3 N–H and O–H groups in total. The van der Waals surface area contributed by atoms with Crippen molar-refractivity contribution in [2.24, 2.45) is 5.73 Å². The second-order valence-corrected chi connectivity index (χ2v) is 2.84. The molecule has 0 radical (unpaired) electrons. The standard InChI is InChI=1S/C11H20N2O/c1-4-6-10(11(12)5-2)9-13-7-8-14-3/h4-6,13H,1,7-9,12H2,2-3H3/b10-6-,11-5+. The molecule has 0 aromatic heterocycles. The van der Waals surface area contributed by atoms with Crippen molar-refractivity contribution in [3.63, 3.8) is 0 Å². The molecule has 0 saturated heterocycles. The van der Waals surface area contributed by atoms with Crippen molar-refractivity contribution in [2.45, 2.75) is 6.92 Å². The Labute approximate surface area is 86.3 Å². The second-order valence-electron chi connectivity index (χ2n) is 2.84. The SMILES string of the molecule is C=C/C=C(CNCCOC)\C(N)=C/C. The molecule has 80 valence electrons. The van der Waals surface area contributed by atoms with E-state index >= 15 is 0 Å². The summed E-state index contributed by atoms with van der Waals surface area (Å²) in [5.74, 6) is 0. The highest BCUT2D eigenvalue weighted by Crippen LogP contribution is 2.02. The Bertz CT molecular complexity index is 219. The molecule has 0 aliphatic heterocycles. The first-order chi connectivity index (χ1) is 6.76. The molecule has 0 bridgehead atoms. The molecule has 0 heterocycles. The van der Waals surface area contributed by atoms with E-state index in [-0.39, 0.29) is 0 Å². The van der Waals surface area contributed by atoms with Crippen LogP contribution in [0, 0.1) is 0 Å². The van der Waals surface area contributed by atoms with Gasteiger partial charge in [-0.15, -0.1) is 0 Å². The fraction of sp³-hybridized carbons (Fsp3) is 0.455. The summed E-state index contributed by atoms with van der Waals surface area (Å²) in [7, 11) is 1.68. The van der Waals surface area contributed by atoms with Gasteiger partial charge in [0.2, 0.25) is 0 Å². The number of allylic oxidation sites excluding steroid dienone is 3. The van der Waals surface area contributed by atoms with Gasteiger partial charge in [0.15, 0.2) is 0 Å². The maximum atomic E-state index is 5.79. The number of nitrogens with two attached hydrogens (primary N) is 1. The van der Waals surface area contributed by atoms with Gasteiger partial charge in [-0.2, -0.15) is 0 Å². The number of hydrogen-bond donors (Lipinski definition) is 2. The summed E-state index contributed by atoms with van der Waals surface area (Å²) in [4.78, 5) is 0. The average molecular weight is 196 g/mol. The van der Waals surface area contributed by atoms with E-state index in [0.29, 0.717) is 6.61 Å². The van der Waals surface area contributed by atoms with Gasteiger partial charge in [0.25, 0.3) is 0 Å². The summed E-state index contributed by atoms with van der Waals surface area (Å²) >= 11 is 0. The molecule has 3 heteroatoms. The van der Waals surface area contributed by atoms with E-state index in [1.54, 1.807) is 13.2 Å². The molecule has 0 aliphatic rings. The fourth-order valence-corrected chi connectivity index (χ4v) is 0.982. The van der Waals surface area contributed by atoms with Crippen LogP contribution in [-0.4, -0.2) is 26.8 Å². The number of hydrogen-bond acceptors (Lipinski definition) is 3. The van der Waals surface area contributed by atoms with Crippen LogP contribution in [-0.2, 0) is 4.74 Å². The fourth-order valence-electron chi connectivity index (χ4n) is 0.982. The zero-order valence-corrected chi connectivity index (χ0v) is 9.05. The molecule has 0 aliphatic carbocycles. The Morgan fingerprint density at radius 2 is 2.29 bits per heavy atom. The quantitative estimate of drug-likeness (QED) is 0.475. The maximum absolute atomic E-state index is 5.79. The van der Waals surface area contributed by atoms with Crippen LogP contribution in [0.2, 0.25) is 0 Å². The minimum atomic E-state index is 0.705. The smallest absolute Gasteiger partial charge is 0.0587 e. The van der Waals surface area contributed by atoms with Crippen LogP contribution in [0.1, 0.15) is 6.92 Å². The van der Waals surface area contributed by atoms with Gasteiger partial charge in [-0.25, -0.2) is 0 Å². The number of rotatable bonds is 7. The molecule has 0 aromatic carbocycles.